The highest BCUT2D eigenvalue weighted by Crippen LogP contribution is 2.35. The maximum atomic E-state index is 12.9. The number of amides is 2. The summed E-state index contributed by atoms with van der Waals surface area (Å²) in [6, 6.07) is 26.9. The fourth-order valence-corrected chi connectivity index (χ4v) is 5.69. The number of carbonyl (C=O) groups is 2. The van der Waals surface area contributed by atoms with Crippen LogP contribution in [0.3, 0.4) is 0 Å². The lowest BCUT2D eigenvalue weighted by molar-refractivity contribution is -0.114. The summed E-state index contributed by atoms with van der Waals surface area (Å²) in [6.45, 7) is 2.50. The molecule has 0 aliphatic carbocycles. The number of nitrogens with zero attached hydrogens (tertiary/aromatic N) is 4. The molecule has 41 heavy (non-hydrogen) atoms. The minimum atomic E-state index is -0.402. The van der Waals surface area contributed by atoms with Gasteiger partial charge < -0.3 is 15.0 Å². The maximum absolute atomic E-state index is 12.9. The number of aromatic nitrogens is 2. The van der Waals surface area contributed by atoms with E-state index < -0.39 is 6.09 Å². The van der Waals surface area contributed by atoms with Gasteiger partial charge >= 0.3 is 6.09 Å². The molecule has 1 aliphatic heterocycles. The SMILES string of the molecule is CC(=O)Nc1c(C#N)c(-c2ccc(Sc3ccc(Cl)cc3)cc2)nn1C1CCCN(C(=O)OCc2ccccc2)C1. The van der Waals surface area contributed by atoms with Crippen molar-refractivity contribution in [2.24, 2.45) is 0 Å². The van der Waals surface area contributed by atoms with Crippen molar-refractivity contribution in [1.29, 1.82) is 5.26 Å². The summed E-state index contributed by atoms with van der Waals surface area (Å²) < 4.78 is 7.24. The van der Waals surface area contributed by atoms with Gasteiger partial charge in [0.25, 0.3) is 0 Å². The van der Waals surface area contributed by atoms with Crippen LogP contribution in [0.1, 0.15) is 36.9 Å². The summed E-state index contributed by atoms with van der Waals surface area (Å²) in [4.78, 5) is 28.8. The predicted octanol–water partition coefficient (Wildman–Crippen LogP) is 7.16. The second kappa shape index (κ2) is 12.9. The molecular weight excluding hydrogens is 558 g/mol. The van der Waals surface area contributed by atoms with E-state index in [1.165, 1.54) is 6.92 Å². The Kier molecular flexibility index (Phi) is 8.92. The Morgan fingerprint density at radius 1 is 1.07 bits per heavy atom. The average molecular weight is 586 g/mol. The number of likely N-dealkylation sites (tertiary alicyclic amines) is 1. The zero-order valence-corrected chi connectivity index (χ0v) is 24.0. The third-order valence-electron chi connectivity index (χ3n) is 6.70. The third-order valence-corrected chi connectivity index (χ3v) is 7.97. The molecule has 1 aromatic heterocycles. The van der Waals surface area contributed by atoms with Gasteiger partial charge in [-0.15, -0.1) is 0 Å². The number of benzene rings is 3. The molecule has 1 aliphatic rings. The molecule has 5 rings (SSSR count). The van der Waals surface area contributed by atoms with Crippen molar-refractivity contribution >= 4 is 41.2 Å². The summed E-state index contributed by atoms with van der Waals surface area (Å²) in [7, 11) is 0. The normalized spacial score (nSPS) is 14.8. The van der Waals surface area contributed by atoms with Crippen LogP contribution in [0.5, 0.6) is 0 Å². The standard InChI is InChI=1S/C31H28ClN5O3S/c1-21(38)34-30-28(18-33)29(23-9-13-26(14-10-23)41-27-15-11-24(32)12-16-27)35-37(30)25-8-5-17-36(19-25)31(39)40-20-22-6-3-2-4-7-22/h2-4,6-7,9-16,25H,5,8,17,19-20H2,1H3,(H,34,38). The van der Waals surface area contributed by atoms with Crippen molar-refractivity contribution in [1.82, 2.24) is 14.7 Å². The minimum Gasteiger partial charge on any atom is -0.445 e. The molecule has 2 heterocycles. The summed E-state index contributed by atoms with van der Waals surface area (Å²) in [6.07, 6.45) is 1.07. The topological polar surface area (TPSA) is 100 Å². The van der Waals surface area contributed by atoms with Crippen LogP contribution in [-0.2, 0) is 16.1 Å². The summed E-state index contributed by atoms with van der Waals surface area (Å²) in [5.74, 6) is 0.0259. The number of anilines is 1. The van der Waals surface area contributed by atoms with Crippen LogP contribution in [0.15, 0.2) is 88.7 Å². The Balaban J connectivity index is 1.37. The van der Waals surface area contributed by atoms with Crippen molar-refractivity contribution in [3.05, 3.63) is 95.0 Å². The van der Waals surface area contributed by atoms with Gasteiger partial charge in [0.15, 0.2) is 0 Å². The van der Waals surface area contributed by atoms with Crippen molar-refractivity contribution in [2.75, 3.05) is 18.4 Å². The Morgan fingerprint density at radius 3 is 2.41 bits per heavy atom. The van der Waals surface area contributed by atoms with Gasteiger partial charge in [-0.1, -0.05) is 65.8 Å². The van der Waals surface area contributed by atoms with Crippen molar-refractivity contribution < 1.29 is 14.3 Å². The first-order valence-electron chi connectivity index (χ1n) is 13.2. The molecule has 0 radical (unpaired) electrons. The number of hydrogen-bond donors (Lipinski definition) is 1. The van der Waals surface area contributed by atoms with E-state index in [9.17, 15) is 14.9 Å². The lowest BCUT2D eigenvalue weighted by Crippen LogP contribution is -2.41. The number of nitriles is 1. The molecule has 10 heteroatoms. The lowest BCUT2D eigenvalue weighted by atomic mass is 10.1. The summed E-state index contributed by atoms with van der Waals surface area (Å²) in [5, 5.41) is 18.4. The molecule has 1 saturated heterocycles. The largest absolute Gasteiger partial charge is 0.445 e. The average Bonchev–Trinajstić information content (AvgIpc) is 3.35. The molecule has 0 saturated carbocycles. The molecule has 1 unspecified atom stereocenters. The van der Waals surface area contributed by atoms with Crippen LogP contribution in [0, 0.1) is 11.3 Å². The highest BCUT2D eigenvalue weighted by molar-refractivity contribution is 7.99. The van der Waals surface area contributed by atoms with Crippen molar-refractivity contribution in [3.63, 3.8) is 0 Å². The summed E-state index contributed by atoms with van der Waals surface area (Å²) in [5.41, 5.74) is 2.42. The van der Waals surface area contributed by atoms with E-state index in [0.717, 1.165) is 33.8 Å². The minimum absolute atomic E-state index is 0.189. The molecule has 8 nitrogen and oxygen atoms in total. The van der Waals surface area contributed by atoms with Crippen LogP contribution in [0.4, 0.5) is 10.6 Å². The van der Waals surface area contributed by atoms with Gasteiger partial charge in [0.2, 0.25) is 5.91 Å². The van der Waals surface area contributed by atoms with E-state index in [1.807, 2.05) is 78.9 Å². The number of ether oxygens (including phenoxy) is 1. The Labute approximate surface area is 247 Å². The maximum Gasteiger partial charge on any atom is 0.410 e. The highest BCUT2D eigenvalue weighted by Gasteiger charge is 2.31. The van der Waals surface area contributed by atoms with Crippen LogP contribution < -0.4 is 5.32 Å². The molecule has 1 N–H and O–H groups in total. The van der Waals surface area contributed by atoms with E-state index in [0.29, 0.717) is 29.6 Å². The molecule has 2 amide bonds. The molecule has 3 aromatic carbocycles. The quantitative estimate of drug-likeness (QED) is 0.247. The monoisotopic (exact) mass is 585 g/mol. The Morgan fingerprint density at radius 2 is 1.76 bits per heavy atom. The third kappa shape index (κ3) is 6.91. The van der Waals surface area contributed by atoms with Crippen LogP contribution in [0.25, 0.3) is 11.3 Å². The number of hydrogen-bond acceptors (Lipinski definition) is 6. The second-order valence-electron chi connectivity index (χ2n) is 9.67. The molecule has 0 bridgehead atoms. The predicted molar refractivity (Wildman–Crippen MR) is 159 cm³/mol. The van der Waals surface area contributed by atoms with E-state index in [1.54, 1.807) is 21.3 Å². The molecule has 0 spiro atoms. The van der Waals surface area contributed by atoms with E-state index >= 15 is 0 Å². The van der Waals surface area contributed by atoms with Gasteiger partial charge in [0.1, 0.15) is 29.8 Å². The van der Waals surface area contributed by atoms with E-state index in [2.05, 4.69) is 11.4 Å². The number of rotatable bonds is 7. The lowest BCUT2D eigenvalue weighted by Gasteiger charge is -2.32. The zero-order valence-electron chi connectivity index (χ0n) is 22.4. The molecule has 4 aromatic rings. The van der Waals surface area contributed by atoms with E-state index in [-0.39, 0.29) is 24.1 Å². The highest BCUT2D eigenvalue weighted by atomic mass is 35.5. The summed E-state index contributed by atoms with van der Waals surface area (Å²) >= 11 is 7.60. The van der Waals surface area contributed by atoms with Gasteiger partial charge in [0, 0.05) is 40.4 Å². The van der Waals surface area contributed by atoms with Gasteiger partial charge in [-0.3, -0.25) is 4.79 Å². The fraction of sp³-hybridized carbons (Fsp3) is 0.226. The second-order valence-corrected chi connectivity index (χ2v) is 11.3. The fourth-order valence-electron chi connectivity index (χ4n) is 4.74. The van der Waals surface area contributed by atoms with Gasteiger partial charge in [-0.05, 0) is 54.8 Å². The van der Waals surface area contributed by atoms with E-state index in [4.69, 9.17) is 21.4 Å². The number of piperidine rings is 1. The number of nitrogens with one attached hydrogen (secondary N) is 1. The van der Waals surface area contributed by atoms with Crippen LogP contribution in [0.2, 0.25) is 5.02 Å². The van der Waals surface area contributed by atoms with Gasteiger partial charge in [0.05, 0.1) is 6.04 Å². The smallest absolute Gasteiger partial charge is 0.410 e. The zero-order chi connectivity index (χ0) is 28.8. The van der Waals surface area contributed by atoms with Gasteiger partial charge in [-0.25, -0.2) is 9.48 Å². The molecule has 208 valence electrons. The number of halogens is 1. The van der Waals surface area contributed by atoms with Crippen LogP contribution >= 0.6 is 23.4 Å². The van der Waals surface area contributed by atoms with Crippen molar-refractivity contribution in [2.45, 2.75) is 42.2 Å². The first-order chi connectivity index (χ1) is 19.9. The van der Waals surface area contributed by atoms with Gasteiger partial charge in [-0.2, -0.15) is 10.4 Å². The molecular formula is C31H28ClN5O3S. The molecule has 1 fully saturated rings. The first kappa shape index (κ1) is 28.3. The van der Waals surface area contributed by atoms with Crippen LogP contribution in [-0.4, -0.2) is 39.8 Å². The molecule has 1 atom stereocenters. The number of carbonyl (C=O) groups excluding carboxylic acids is 2. The Hall–Kier alpha value is -4.26. The Bertz CT molecular complexity index is 1570. The first-order valence-corrected chi connectivity index (χ1v) is 14.4. The van der Waals surface area contributed by atoms with Crippen molar-refractivity contribution in [3.8, 4) is 17.3 Å².